The van der Waals surface area contributed by atoms with Crippen molar-refractivity contribution in [2.45, 2.75) is 70.6 Å². The summed E-state index contributed by atoms with van der Waals surface area (Å²) in [6.45, 7) is 10.0. The third kappa shape index (κ3) is 6.82. The van der Waals surface area contributed by atoms with E-state index < -0.39 is 11.9 Å². The summed E-state index contributed by atoms with van der Waals surface area (Å²) in [5, 5.41) is 10.9. The van der Waals surface area contributed by atoms with E-state index in [1.165, 1.54) is 23.3 Å². The lowest BCUT2D eigenvalue weighted by molar-refractivity contribution is -0.0243. The predicted molar refractivity (Wildman–Crippen MR) is 151 cm³/mol. The number of hydrogen-bond acceptors (Lipinski definition) is 7. The van der Waals surface area contributed by atoms with Gasteiger partial charge in [-0.05, 0) is 56.2 Å². The van der Waals surface area contributed by atoms with Gasteiger partial charge in [-0.15, -0.1) is 4.80 Å². The van der Waals surface area contributed by atoms with Crippen molar-refractivity contribution >= 4 is 6.09 Å². The van der Waals surface area contributed by atoms with E-state index in [0.29, 0.717) is 24.4 Å². The minimum Gasteiger partial charge on any atom is -0.490 e. The first-order valence-corrected chi connectivity index (χ1v) is 13.5. The van der Waals surface area contributed by atoms with E-state index in [1.54, 1.807) is 0 Å². The Morgan fingerprint density at radius 2 is 1.49 bits per heavy atom. The summed E-state index contributed by atoms with van der Waals surface area (Å²) < 4.78 is 31.4. The first-order chi connectivity index (χ1) is 19.5. The van der Waals surface area contributed by atoms with Crippen molar-refractivity contribution < 1.29 is 23.4 Å². The maximum Gasteiger partial charge on any atom is 0.407 e. The molecule has 1 amide bonds. The molecule has 1 aliphatic carbocycles. The molecule has 0 bridgehead atoms. The van der Waals surface area contributed by atoms with Gasteiger partial charge in [0, 0.05) is 29.9 Å². The van der Waals surface area contributed by atoms with Crippen LogP contribution in [0.5, 0.6) is 17.2 Å². The lowest BCUT2D eigenvalue weighted by atomic mass is 9.78. The molecular weight excluding hydrogens is 525 g/mol. The van der Waals surface area contributed by atoms with Crippen LogP contribution in [0, 0.1) is 5.82 Å². The van der Waals surface area contributed by atoms with Gasteiger partial charge in [0.1, 0.15) is 29.5 Å². The number of halogens is 1. The quantitative estimate of drug-likeness (QED) is 0.268. The highest BCUT2D eigenvalue weighted by Gasteiger charge is 2.34. The average molecular weight is 560 g/mol. The Bertz CT molecular complexity index is 1480. The van der Waals surface area contributed by atoms with Crippen LogP contribution < -0.4 is 14.8 Å². The summed E-state index contributed by atoms with van der Waals surface area (Å²) in [4.78, 5) is 17.3. The predicted octanol–water partition coefficient (Wildman–Crippen LogP) is 6.35. The van der Waals surface area contributed by atoms with Gasteiger partial charge < -0.3 is 19.5 Å². The van der Waals surface area contributed by atoms with Gasteiger partial charge in [-0.3, -0.25) is 0 Å². The highest BCUT2D eigenvalue weighted by atomic mass is 19.1. The zero-order valence-corrected chi connectivity index (χ0v) is 23.8. The highest BCUT2D eigenvalue weighted by Crippen LogP contribution is 2.35. The van der Waals surface area contributed by atoms with Crippen LogP contribution in [0.2, 0.25) is 0 Å². The number of hydrogen-bond donors (Lipinski definition) is 1. The number of alkyl carbamates (subject to hydrolysis) is 1. The van der Waals surface area contributed by atoms with E-state index in [1.807, 2.05) is 57.2 Å². The topological polar surface area (TPSA) is 100 Å². The van der Waals surface area contributed by atoms with Gasteiger partial charge in [0.05, 0.1) is 18.6 Å². The molecule has 41 heavy (non-hydrogen) atoms. The van der Waals surface area contributed by atoms with E-state index in [0.717, 1.165) is 23.1 Å². The van der Waals surface area contributed by atoms with Crippen molar-refractivity contribution in [1.29, 1.82) is 0 Å². The maximum absolute atomic E-state index is 13.9. The Morgan fingerprint density at radius 3 is 2.07 bits per heavy atom. The number of carbonyl (C=O) groups excluding carboxylic acids is 1. The van der Waals surface area contributed by atoms with Crippen LogP contribution in [0.4, 0.5) is 9.18 Å². The molecule has 1 fully saturated rings. The Hall–Kier alpha value is -4.47. The molecule has 10 heteroatoms. The Labute approximate surface area is 238 Å². The highest BCUT2D eigenvalue weighted by molar-refractivity contribution is 5.68. The van der Waals surface area contributed by atoms with Gasteiger partial charge in [0.15, 0.2) is 5.75 Å². The zero-order chi connectivity index (χ0) is 29.2. The number of aromatic nitrogens is 4. The van der Waals surface area contributed by atoms with Crippen molar-refractivity contribution in [3.05, 3.63) is 90.1 Å². The molecule has 1 saturated carbocycles. The van der Waals surface area contributed by atoms with Crippen LogP contribution in [-0.2, 0) is 10.2 Å². The molecule has 0 unspecified atom stereocenters. The largest absolute Gasteiger partial charge is 0.490 e. The number of nitrogens with zero attached hydrogens (tertiary/aromatic N) is 4. The second-order valence-corrected chi connectivity index (χ2v) is 11.7. The van der Waals surface area contributed by atoms with E-state index in [2.05, 4.69) is 46.5 Å². The SMILES string of the molecule is CC(C)(C)NC(=O)OC1CC(Oc2ccc(C(C)(C)c3ccc(Oc4cc(F)cnc4-n4nccn4)cc3)cc2)C1. The Kier molecular flexibility index (Phi) is 7.66. The lowest BCUT2D eigenvalue weighted by Crippen LogP contribution is -2.46. The van der Waals surface area contributed by atoms with Gasteiger partial charge in [0.2, 0.25) is 5.82 Å². The number of carbonyl (C=O) groups is 1. The first kappa shape index (κ1) is 28.1. The number of benzene rings is 2. The fraction of sp³-hybridized carbons (Fsp3) is 0.355. The first-order valence-electron chi connectivity index (χ1n) is 13.5. The fourth-order valence-electron chi connectivity index (χ4n) is 4.54. The minimum absolute atomic E-state index is 0.0201. The lowest BCUT2D eigenvalue weighted by Gasteiger charge is -2.35. The summed E-state index contributed by atoms with van der Waals surface area (Å²) in [7, 11) is 0. The van der Waals surface area contributed by atoms with E-state index in [-0.39, 0.29) is 28.9 Å². The summed E-state index contributed by atoms with van der Waals surface area (Å²) in [6, 6.07) is 17.0. The maximum atomic E-state index is 13.9. The fourth-order valence-corrected chi connectivity index (χ4v) is 4.54. The Balaban J connectivity index is 1.18. The summed E-state index contributed by atoms with van der Waals surface area (Å²) >= 11 is 0. The monoisotopic (exact) mass is 559 g/mol. The number of amides is 1. The zero-order valence-electron chi connectivity index (χ0n) is 23.8. The molecule has 1 aliphatic rings. The number of rotatable bonds is 8. The van der Waals surface area contributed by atoms with Crippen molar-refractivity contribution in [3.63, 3.8) is 0 Å². The molecule has 0 radical (unpaired) electrons. The molecule has 0 spiro atoms. The normalized spacial score (nSPS) is 16.9. The van der Waals surface area contributed by atoms with Gasteiger partial charge in [-0.25, -0.2) is 14.2 Å². The molecule has 2 heterocycles. The summed E-state index contributed by atoms with van der Waals surface area (Å²) in [6.07, 6.45) is 4.97. The van der Waals surface area contributed by atoms with Crippen molar-refractivity contribution in [1.82, 2.24) is 25.3 Å². The van der Waals surface area contributed by atoms with Crippen LogP contribution >= 0.6 is 0 Å². The molecule has 0 saturated heterocycles. The van der Waals surface area contributed by atoms with Crippen LogP contribution in [0.3, 0.4) is 0 Å². The van der Waals surface area contributed by atoms with Crippen molar-refractivity contribution in [3.8, 4) is 23.1 Å². The molecular formula is C31H34FN5O4. The second-order valence-electron chi connectivity index (χ2n) is 11.7. The molecule has 5 rings (SSSR count). The third-order valence-electron chi connectivity index (χ3n) is 6.89. The molecule has 2 aromatic heterocycles. The van der Waals surface area contributed by atoms with Gasteiger partial charge in [-0.1, -0.05) is 38.1 Å². The van der Waals surface area contributed by atoms with Crippen molar-refractivity contribution in [2.24, 2.45) is 0 Å². The van der Waals surface area contributed by atoms with E-state index in [9.17, 15) is 9.18 Å². The average Bonchev–Trinajstić information content (AvgIpc) is 3.42. The van der Waals surface area contributed by atoms with E-state index >= 15 is 0 Å². The Morgan fingerprint density at radius 1 is 0.902 bits per heavy atom. The molecule has 0 aliphatic heterocycles. The van der Waals surface area contributed by atoms with Crippen LogP contribution in [0.15, 0.2) is 73.2 Å². The number of pyridine rings is 1. The van der Waals surface area contributed by atoms with Crippen LogP contribution in [-0.4, -0.2) is 43.8 Å². The molecule has 1 N–H and O–H groups in total. The van der Waals surface area contributed by atoms with Gasteiger partial charge >= 0.3 is 6.09 Å². The number of nitrogens with one attached hydrogen (secondary N) is 1. The van der Waals surface area contributed by atoms with Gasteiger partial charge in [-0.2, -0.15) is 10.2 Å². The smallest absolute Gasteiger partial charge is 0.407 e. The molecule has 4 aromatic rings. The molecule has 2 aromatic carbocycles. The molecule has 214 valence electrons. The van der Waals surface area contributed by atoms with Crippen molar-refractivity contribution in [2.75, 3.05) is 0 Å². The second kappa shape index (κ2) is 11.2. The van der Waals surface area contributed by atoms with Gasteiger partial charge in [0.25, 0.3) is 0 Å². The third-order valence-corrected chi connectivity index (χ3v) is 6.89. The van der Waals surface area contributed by atoms with E-state index in [4.69, 9.17) is 14.2 Å². The van der Waals surface area contributed by atoms with Crippen LogP contribution in [0.1, 0.15) is 58.6 Å². The van der Waals surface area contributed by atoms with Crippen LogP contribution in [0.25, 0.3) is 5.82 Å². The summed E-state index contributed by atoms with van der Waals surface area (Å²) in [5.41, 5.74) is 1.58. The summed E-state index contributed by atoms with van der Waals surface area (Å²) in [5.74, 6) is 1.30. The minimum atomic E-state index is -0.518. The molecule has 0 atom stereocenters. The number of ether oxygens (including phenoxy) is 3. The molecule has 9 nitrogen and oxygen atoms in total. The standard InChI is InChI=1S/C31H34FN5O4/c1-30(2,3)36-29(38)41-26-17-25(18-26)39-23-10-6-20(7-11-23)31(4,5)21-8-12-24(13-9-21)40-27-16-22(32)19-33-28(27)37-34-14-15-35-37/h6-16,19,25-26H,17-18H2,1-5H3,(H,36,38).